The molecule has 1 amide bonds. The number of aliphatic imine (C=N–C) groups is 1. The normalized spacial score (nSPS) is 12.4. The number of guanidine groups is 1. The van der Waals surface area contributed by atoms with E-state index in [1.165, 1.54) is 17.0 Å². The summed E-state index contributed by atoms with van der Waals surface area (Å²) in [7, 11) is 0. The maximum Gasteiger partial charge on any atom is 0.251 e. The van der Waals surface area contributed by atoms with Crippen molar-refractivity contribution in [1.29, 1.82) is 0 Å². The molecule has 0 aliphatic carbocycles. The number of phenols is 1. The number of nitrogens with zero attached hydrogens (tertiary/aromatic N) is 1. The zero-order valence-corrected chi connectivity index (χ0v) is 16.7. The molecule has 1 unspecified atom stereocenters. The van der Waals surface area contributed by atoms with Gasteiger partial charge in [-0.2, -0.15) is 0 Å². The molecular weight excluding hydrogens is 360 g/mol. The summed E-state index contributed by atoms with van der Waals surface area (Å²) >= 11 is 1.78. The van der Waals surface area contributed by atoms with E-state index in [1.807, 2.05) is 6.92 Å². The number of aromatic hydroxyl groups is 1. The fourth-order valence-corrected chi connectivity index (χ4v) is 3.37. The SMILES string of the molecule is CCNC(=NCC(C)Cc1cccs1)NCCNC(=O)c1ccc(O)cc1. The summed E-state index contributed by atoms with van der Waals surface area (Å²) in [4.78, 5) is 18.0. The van der Waals surface area contributed by atoms with Crippen molar-refractivity contribution in [3.05, 3.63) is 52.2 Å². The van der Waals surface area contributed by atoms with Crippen LogP contribution in [-0.4, -0.2) is 43.2 Å². The minimum Gasteiger partial charge on any atom is -0.508 e. The Hall–Kier alpha value is -2.54. The second-order valence-corrected chi connectivity index (χ2v) is 7.37. The minimum atomic E-state index is -0.164. The second kappa shape index (κ2) is 11.2. The van der Waals surface area contributed by atoms with Crippen molar-refractivity contribution in [3.63, 3.8) is 0 Å². The molecule has 0 saturated carbocycles. The molecule has 0 spiro atoms. The Balaban J connectivity index is 1.73. The summed E-state index contributed by atoms with van der Waals surface area (Å²) in [5.74, 6) is 1.21. The molecule has 0 fully saturated rings. The molecular formula is C20H28N4O2S. The molecule has 27 heavy (non-hydrogen) atoms. The zero-order valence-electron chi connectivity index (χ0n) is 15.9. The predicted molar refractivity (Wildman–Crippen MR) is 112 cm³/mol. The van der Waals surface area contributed by atoms with Gasteiger partial charge in [0.2, 0.25) is 0 Å². The van der Waals surface area contributed by atoms with E-state index in [0.29, 0.717) is 24.6 Å². The number of hydrogen-bond donors (Lipinski definition) is 4. The van der Waals surface area contributed by atoms with E-state index in [0.717, 1.165) is 25.5 Å². The van der Waals surface area contributed by atoms with Crippen molar-refractivity contribution >= 4 is 23.2 Å². The van der Waals surface area contributed by atoms with Crippen molar-refractivity contribution in [3.8, 4) is 5.75 Å². The van der Waals surface area contributed by atoms with Gasteiger partial charge in [0.25, 0.3) is 5.91 Å². The molecule has 0 aliphatic heterocycles. The van der Waals surface area contributed by atoms with Crippen LogP contribution >= 0.6 is 11.3 Å². The number of amides is 1. The Morgan fingerprint density at radius 2 is 1.89 bits per heavy atom. The van der Waals surface area contributed by atoms with Crippen LogP contribution in [0.15, 0.2) is 46.8 Å². The maximum atomic E-state index is 12.0. The van der Waals surface area contributed by atoms with Crippen LogP contribution in [-0.2, 0) is 6.42 Å². The van der Waals surface area contributed by atoms with Gasteiger partial charge in [0.15, 0.2) is 5.96 Å². The third-order valence-corrected chi connectivity index (χ3v) is 4.77. The number of nitrogens with one attached hydrogen (secondary N) is 3. The quantitative estimate of drug-likeness (QED) is 0.302. The summed E-state index contributed by atoms with van der Waals surface area (Å²) in [5.41, 5.74) is 0.524. The summed E-state index contributed by atoms with van der Waals surface area (Å²) < 4.78 is 0. The van der Waals surface area contributed by atoms with Crippen molar-refractivity contribution in [2.24, 2.45) is 10.9 Å². The van der Waals surface area contributed by atoms with E-state index < -0.39 is 0 Å². The number of carbonyl (C=O) groups excluding carboxylic acids is 1. The smallest absolute Gasteiger partial charge is 0.251 e. The molecule has 0 radical (unpaired) electrons. The fourth-order valence-electron chi connectivity index (χ4n) is 2.50. The van der Waals surface area contributed by atoms with Crippen molar-refractivity contribution in [2.45, 2.75) is 20.3 Å². The topological polar surface area (TPSA) is 85.8 Å². The summed E-state index contributed by atoms with van der Waals surface area (Å²) in [6.45, 7) is 6.81. The highest BCUT2D eigenvalue weighted by Gasteiger charge is 2.06. The number of phenolic OH excluding ortho intramolecular Hbond substituents is 1. The lowest BCUT2D eigenvalue weighted by Gasteiger charge is -2.13. The molecule has 1 heterocycles. The van der Waals surface area contributed by atoms with Crippen molar-refractivity contribution < 1.29 is 9.90 Å². The van der Waals surface area contributed by atoms with Crippen LogP contribution in [0, 0.1) is 5.92 Å². The third kappa shape index (κ3) is 7.70. The maximum absolute atomic E-state index is 12.0. The number of rotatable bonds is 9. The average Bonchev–Trinajstić information content (AvgIpc) is 3.16. The largest absolute Gasteiger partial charge is 0.508 e. The average molecular weight is 389 g/mol. The zero-order chi connectivity index (χ0) is 19.5. The van der Waals surface area contributed by atoms with Crippen LogP contribution < -0.4 is 16.0 Å². The van der Waals surface area contributed by atoms with Gasteiger partial charge in [-0.3, -0.25) is 9.79 Å². The first-order valence-corrected chi connectivity index (χ1v) is 10.1. The monoisotopic (exact) mass is 388 g/mol. The molecule has 2 rings (SSSR count). The van der Waals surface area contributed by atoms with Crippen LogP contribution in [0.3, 0.4) is 0 Å². The van der Waals surface area contributed by atoms with Gasteiger partial charge in [-0.1, -0.05) is 13.0 Å². The standard InChI is InChI=1S/C20H28N4O2S/c1-3-21-20(24-14-15(2)13-18-5-4-12-27-18)23-11-10-22-19(26)16-6-8-17(25)9-7-16/h4-9,12,15,25H,3,10-11,13-14H2,1-2H3,(H,22,26)(H2,21,23,24). The van der Waals surface area contributed by atoms with E-state index in [-0.39, 0.29) is 11.7 Å². The molecule has 4 N–H and O–H groups in total. The Bertz CT molecular complexity index is 714. The van der Waals surface area contributed by atoms with Gasteiger partial charge in [0.05, 0.1) is 0 Å². The molecule has 0 bridgehead atoms. The van der Waals surface area contributed by atoms with E-state index in [1.54, 1.807) is 23.5 Å². The molecule has 6 nitrogen and oxygen atoms in total. The van der Waals surface area contributed by atoms with Gasteiger partial charge in [-0.05, 0) is 55.0 Å². The van der Waals surface area contributed by atoms with Crippen LogP contribution in [0.5, 0.6) is 5.75 Å². The molecule has 2 aromatic rings. The molecule has 1 aromatic carbocycles. The predicted octanol–water partition coefficient (Wildman–Crippen LogP) is 2.62. The number of thiophene rings is 1. The van der Waals surface area contributed by atoms with E-state index >= 15 is 0 Å². The Morgan fingerprint density at radius 3 is 2.56 bits per heavy atom. The van der Waals surface area contributed by atoms with Crippen molar-refractivity contribution in [1.82, 2.24) is 16.0 Å². The Morgan fingerprint density at radius 1 is 1.15 bits per heavy atom. The molecule has 146 valence electrons. The summed E-state index contributed by atoms with van der Waals surface area (Å²) in [6, 6.07) is 10.4. The molecule has 0 saturated heterocycles. The highest BCUT2D eigenvalue weighted by atomic mass is 32.1. The first-order chi connectivity index (χ1) is 13.1. The van der Waals surface area contributed by atoms with Gasteiger partial charge in [0, 0.05) is 36.6 Å². The van der Waals surface area contributed by atoms with Crippen LogP contribution in [0.25, 0.3) is 0 Å². The van der Waals surface area contributed by atoms with Gasteiger partial charge < -0.3 is 21.1 Å². The van der Waals surface area contributed by atoms with E-state index in [4.69, 9.17) is 0 Å². The third-order valence-electron chi connectivity index (χ3n) is 3.87. The van der Waals surface area contributed by atoms with E-state index in [2.05, 4.69) is 45.4 Å². The van der Waals surface area contributed by atoms with E-state index in [9.17, 15) is 9.90 Å². The van der Waals surface area contributed by atoms with Gasteiger partial charge in [-0.15, -0.1) is 11.3 Å². The van der Waals surface area contributed by atoms with Crippen LogP contribution in [0.2, 0.25) is 0 Å². The van der Waals surface area contributed by atoms with Crippen LogP contribution in [0.1, 0.15) is 29.1 Å². The fraction of sp³-hybridized carbons (Fsp3) is 0.400. The lowest BCUT2D eigenvalue weighted by atomic mass is 10.1. The molecule has 1 atom stereocenters. The van der Waals surface area contributed by atoms with Crippen LogP contribution in [0.4, 0.5) is 0 Å². The number of benzene rings is 1. The Kier molecular flexibility index (Phi) is 8.64. The lowest BCUT2D eigenvalue weighted by molar-refractivity contribution is 0.0954. The van der Waals surface area contributed by atoms with Gasteiger partial charge in [0.1, 0.15) is 5.75 Å². The highest BCUT2D eigenvalue weighted by molar-refractivity contribution is 7.09. The van der Waals surface area contributed by atoms with Gasteiger partial charge >= 0.3 is 0 Å². The first-order valence-electron chi connectivity index (χ1n) is 9.20. The second-order valence-electron chi connectivity index (χ2n) is 6.34. The molecule has 0 aliphatic rings. The Labute approximate surface area is 164 Å². The highest BCUT2D eigenvalue weighted by Crippen LogP contribution is 2.14. The first kappa shape index (κ1) is 20.8. The van der Waals surface area contributed by atoms with Gasteiger partial charge in [-0.25, -0.2) is 0 Å². The summed E-state index contributed by atoms with van der Waals surface area (Å²) in [6.07, 6.45) is 1.03. The number of carbonyl (C=O) groups is 1. The molecule has 1 aromatic heterocycles. The lowest BCUT2D eigenvalue weighted by Crippen LogP contribution is -2.41. The van der Waals surface area contributed by atoms with Crippen molar-refractivity contribution in [2.75, 3.05) is 26.2 Å². The summed E-state index contributed by atoms with van der Waals surface area (Å²) in [5, 5.41) is 20.7. The number of hydrogen-bond acceptors (Lipinski definition) is 4. The molecule has 7 heteroatoms. The minimum absolute atomic E-state index is 0.146.